The lowest BCUT2D eigenvalue weighted by Gasteiger charge is -2.02. The molecule has 0 bridgehead atoms. The zero-order valence-corrected chi connectivity index (χ0v) is 9.96. The SMILES string of the molecule is CNc1nc(Cl)nc(Sc2ccncc2)n1. The number of hydrogen-bond donors (Lipinski definition) is 1. The highest BCUT2D eigenvalue weighted by atomic mass is 35.5. The molecule has 2 aromatic heterocycles. The standard InChI is InChI=1S/C9H8ClN5S/c1-11-8-13-7(10)14-9(15-8)16-6-2-4-12-5-3-6/h2-5H,1H3,(H,11,13,14,15). The van der Waals surface area contributed by atoms with Crippen molar-refractivity contribution in [2.24, 2.45) is 0 Å². The summed E-state index contributed by atoms with van der Waals surface area (Å²) in [5, 5.41) is 3.55. The van der Waals surface area contributed by atoms with Crippen molar-refractivity contribution >= 4 is 29.3 Å². The molecule has 16 heavy (non-hydrogen) atoms. The number of pyridine rings is 1. The maximum atomic E-state index is 5.77. The molecule has 82 valence electrons. The van der Waals surface area contributed by atoms with Crippen LogP contribution in [0.25, 0.3) is 0 Å². The molecule has 0 radical (unpaired) electrons. The Balaban J connectivity index is 2.24. The van der Waals surface area contributed by atoms with Gasteiger partial charge in [0, 0.05) is 24.3 Å². The molecule has 0 aliphatic heterocycles. The van der Waals surface area contributed by atoms with E-state index in [1.54, 1.807) is 19.4 Å². The molecule has 0 amide bonds. The fourth-order valence-electron chi connectivity index (χ4n) is 1.00. The summed E-state index contributed by atoms with van der Waals surface area (Å²) in [6, 6.07) is 3.75. The predicted molar refractivity (Wildman–Crippen MR) is 62.7 cm³/mol. The van der Waals surface area contributed by atoms with Crippen molar-refractivity contribution in [3.8, 4) is 0 Å². The summed E-state index contributed by atoms with van der Waals surface area (Å²) < 4.78 is 0. The molecule has 0 unspecified atom stereocenters. The summed E-state index contributed by atoms with van der Waals surface area (Å²) in [5.74, 6) is 0.455. The zero-order chi connectivity index (χ0) is 11.4. The van der Waals surface area contributed by atoms with Crippen LogP contribution in [0.1, 0.15) is 0 Å². The molecule has 7 heteroatoms. The fourth-order valence-corrected chi connectivity index (χ4v) is 1.94. The predicted octanol–water partition coefficient (Wildman–Crippen LogP) is 2.11. The van der Waals surface area contributed by atoms with Crippen LogP contribution in [0, 0.1) is 0 Å². The van der Waals surface area contributed by atoms with E-state index >= 15 is 0 Å². The Labute approximate surface area is 102 Å². The Kier molecular flexibility index (Phi) is 3.53. The molecule has 0 saturated carbocycles. The number of nitrogens with one attached hydrogen (secondary N) is 1. The average molecular weight is 254 g/mol. The van der Waals surface area contributed by atoms with Crippen LogP contribution in [-0.2, 0) is 0 Å². The van der Waals surface area contributed by atoms with Crippen LogP contribution in [0.4, 0.5) is 5.95 Å². The first-order valence-corrected chi connectivity index (χ1v) is 5.64. The Bertz CT molecular complexity index is 479. The van der Waals surface area contributed by atoms with Crippen LogP contribution in [-0.4, -0.2) is 27.0 Å². The second-order valence-electron chi connectivity index (χ2n) is 2.75. The maximum absolute atomic E-state index is 5.77. The summed E-state index contributed by atoms with van der Waals surface area (Å²) >= 11 is 7.17. The van der Waals surface area contributed by atoms with E-state index in [2.05, 4.69) is 25.3 Å². The molecule has 0 aliphatic rings. The van der Waals surface area contributed by atoms with Gasteiger partial charge in [-0.2, -0.15) is 15.0 Å². The number of rotatable bonds is 3. The molecular weight excluding hydrogens is 246 g/mol. The van der Waals surface area contributed by atoms with E-state index in [4.69, 9.17) is 11.6 Å². The summed E-state index contributed by atoms with van der Waals surface area (Å²) in [4.78, 5) is 17.0. The van der Waals surface area contributed by atoms with Gasteiger partial charge < -0.3 is 5.32 Å². The van der Waals surface area contributed by atoms with Crippen LogP contribution in [0.3, 0.4) is 0 Å². The Hall–Kier alpha value is -1.40. The lowest BCUT2D eigenvalue weighted by atomic mass is 10.5. The third kappa shape index (κ3) is 2.80. The van der Waals surface area contributed by atoms with Gasteiger partial charge in [-0.3, -0.25) is 4.98 Å². The van der Waals surface area contributed by atoms with Gasteiger partial charge in [0.1, 0.15) is 0 Å². The fraction of sp³-hybridized carbons (Fsp3) is 0.111. The van der Waals surface area contributed by atoms with Crippen LogP contribution in [0.2, 0.25) is 5.28 Å². The van der Waals surface area contributed by atoms with Crippen molar-refractivity contribution in [1.82, 2.24) is 19.9 Å². The van der Waals surface area contributed by atoms with Crippen LogP contribution in [0.15, 0.2) is 34.6 Å². The van der Waals surface area contributed by atoms with E-state index in [1.165, 1.54) is 11.8 Å². The van der Waals surface area contributed by atoms with Gasteiger partial charge in [0.2, 0.25) is 11.2 Å². The van der Waals surface area contributed by atoms with Crippen molar-refractivity contribution in [2.75, 3.05) is 12.4 Å². The number of nitrogens with zero attached hydrogens (tertiary/aromatic N) is 4. The first kappa shape index (κ1) is 11.1. The van der Waals surface area contributed by atoms with Crippen molar-refractivity contribution in [1.29, 1.82) is 0 Å². The highest BCUT2D eigenvalue weighted by Gasteiger charge is 2.05. The summed E-state index contributed by atoms with van der Waals surface area (Å²) in [7, 11) is 1.73. The van der Waals surface area contributed by atoms with Crippen molar-refractivity contribution in [2.45, 2.75) is 10.1 Å². The van der Waals surface area contributed by atoms with Gasteiger partial charge in [-0.05, 0) is 35.5 Å². The van der Waals surface area contributed by atoms with Gasteiger partial charge in [-0.15, -0.1) is 0 Å². The number of hydrogen-bond acceptors (Lipinski definition) is 6. The summed E-state index contributed by atoms with van der Waals surface area (Å²) in [6.45, 7) is 0. The highest BCUT2D eigenvalue weighted by Crippen LogP contribution is 2.24. The zero-order valence-electron chi connectivity index (χ0n) is 8.38. The van der Waals surface area contributed by atoms with Crippen molar-refractivity contribution in [3.63, 3.8) is 0 Å². The molecule has 5 nitrogen and oxygen atoms in total. The lowest BCUT2D eigenvalue weighted by Crippen LogP contribution is -1.99. The molecule has 0 aliphatic carbocycles. The van der Waals surface area contributed by atoms with Gasteiger partial charge in [-0.1, -0.05) is 0 Å². The van der Waals surface area contributed by atoms with Gasteiger partial charge in [0.15, 0.2) is 5.16 Å². The monoisotopic (exact) mass is 253 g/mol. The van der Waals surface area contributed by atoms with E-state index in [-0.39, 0.29) is 5.28 Å². The van der Waals surface area contributed by atoms with Gasteiger partial charge in [0.25, 0.3) is 0 Å². The second-order valence-corrected chi connectivity index (χ2v) is 4.12. The van der Waals surface area contributed by atoms with Crippen molar-refractivity contribution in [3.05, 3.63) is 29.8 Å². The molecule has 2 heterocycles. The van der Waals surface area contributed by atoms with Crippen LogP contribution >= 0.6 is 23.4 Å². The van der Waals surface area contributed by atoms with E-state index < -0.39 is 0 Å². The smallest absolute Gasteiger partial charge is 0.228 e. The summed E-state index contributed by atoms with van der Waals surface area (Å²) in [5.41, 5.74) is 0. The summed E-state index contributed by atoms with van der Waals surface area (Å²) in [6.07, 6.45) is 3.42. The Morgan fingerprint density at radius 1 is 1.19 bits per heavy atom. The Morgan fingerprint density at radius 3 is 2.62 bits per heavy atom. The Morgan fingerprint density at radius 2 is 1.94 bits per heavy atom. The van der Waals surface area contributed by atoms with E-state index in [0.29, 0.717) is 11.1 Å². The number of halogens is 1. The maximum Gasteiger partial charge on any atom is 0.228 e. The minimum Gasteiger partial charge on any atom is -0.357 e. The lowest BCUT2D eigenvalue weighted by molar-refractivity contribution is 0.908. The van der Waals surface area contributed by atoms with Gasteiger partial charge in [0.05, 0.1) is 0 Å². The van der Waals surface area contributed by atoms with Gasteiger partial charge >= 0.3 is 0 Å². The average Bonchev–Trinajstić information content (AvgIpc) is 2.29. The molecule has 0 spiro atoms. The molecule has 2 rings (SSSR count). The molecule has 1 N–H and O–H groups in total. The molecular formula is C9H8ClN5S. The van der Waals surface area contributed by atoms with Crippen LogP contribution in [0.5, 0.6) is 0 Å². The van der Waals surface area contributed by atoms with E-state index in [9.17, 15) is 0 Å². The first-order chi connectivity index (χ1) is 7.78. The minimum atomic E-state index is 0.177. The van der Waals surface area contributed by atoms with Crippen LogP contribution < -0.4 is 5.32 Å². The first-order valence-electron chi connectivity index (χ1n) is 4.45. The number of aromatic nitrogens is 4. The third-order valence-electron chi connectivity index (χ3n) is 1.67. The minimum absolute atomic E-state index is 0.177. The topological polar surface area (TPSA) is 63.6 Å². The number of anilines is 1. The molecule has 0 saturated heterocycles. The second kappa shape index (κ2) is 5.09. The highest BCUT2D eigenvalue weighted by molar-refractivity contribution is 7.99. The largest absolute Gasteiger partial charge is 0.357 e. The van der Waals surface area contributed by atoms with E-state index in [0.717, 1.165) is 4.90 Å². The molecule has 0 aromatic carbocycles. The molecule has 2 aromatic rings. The normalized spacial score (nSPS) is 10.1. The quantitative estimate of drug-likeness (QED) is 0.904. The van der Waals surface area contributed by atoms with Crippen molar-refractivity contribution < 1.29 is 0 Å². The molecule has 0 atom stereocenters. The third-order valence-corrected chi connectivity index (χ3v) is 2.71. The van der Waals surface area contributed by atoms with E-state index in [1.807, 2.05) is 12.1 Å². The van der Waals surface area contributed by atoms with Gasteiger partial charge in [-0.25, -0.2) is 0 Å². The molecule has 0 fully saturated rings.